The lowest BCUT2D eigenvalue weighted by Crippen LogP contribution is -2.39. The number of hydrogen-bond donors (Lipinski definition) is 1. The molecule has 2 aromatic rings. The summed E-state index contributed by atoms with van der Waals surface area (Å²) in [5.41, 5.74) is 7.82. The van der Waals surface area contributed by atoms with E-state index in [0.29, 0.717) is 18.2 Å². The molecular weight excluding hydrogens is 263 g/mol. The normalized spacial score (nSPS) is 13.7. The first kappa shape index (κ1) is 15.5. The van der Waals surface area contributed by atoms with Crippen LogP contribution in [-0.4, -0.2) is 19.6 Å². The molecule has 2 atom stereocenters. The van der Waals surface area contributed by atoms with Gasteiger partial charge in [0.2, 0.25) is 0 Å². The molecule has 0 saturated carbocycles. The average Bonchev–Trinajstić information content (AvgIpc) is 2.53. The molecule has 0 heterocycles. The van der Waals surface area contributed by atoms with Gasteiger partial charge in [0.15, 0.2) is 0 Å². The minimum absolute atomic E-state index is 0.108. The van der Waals surface area contributed by atoms with E-state index < -0.39 is 0 Å². The number of nitrogens with zero attached hydrogens (tertiary/aromatic N) is 1. The van der Waals surface area contributed by atoms with Gasteiger partial charge in [0, 0.05) is 19.6 Å². The van der Waals surface area contributed by atoms with Gasteiger partial charge in [0.25, 0.3) is 0 Å². The van der Waals surface area contributed by atoms with Crippen molar-refractivity contribution in [3.05, 3.63) is 66.0 Å². The molecule has 0 spiro atoms. The molecule has 2 nitrogen and oxygen atoms in total. The zero-order chi connectivity index (χ0) is 15.2. The second-order valence-corrected chi connectivity index (χ2v) is 5.50. The SMILES string of the molecule is CC(CC(CN)N(C)c1ccccc1F)c1ccccc1. The van der Waals surface area contributed by atoms with Crippen LogP contribution >= 0.6 is 0 Å². The topological polar surface area (TPSA) is 29.3 Å². The van der Waals surface area contributed by atoms with E-state index >= 15 is 0 Å². The van der Waals surface area contributed by atoms with Crippen LogP contribution in [0.25, 0.3) is 0 Å². The van der Waals surface area contributed by atoms with Gasteiger partial charge in [-0.05, 0) is 30.0 Å². The van der Waals surface area contributed by atoms with Gasteiger partial charge >= 0.3 is 0 Å². The molecule has 0 aromatic heterocycles. The molecule has 0 fully saturated rings. The van der Waals surface area contributed by atoms with E-state index in [2.05, 4.69) is 19.1 Å². The van der Waals surface area contributed by atoms with Crippen molar-refractivity contribution >= 4 is 5.69 Å². The lowest BCUT2D eigenvalue weighted by molar-refractivity contribution is 0.525. The van der Waals surface area contributed by atoms with Crippen molar-refractivity contribution in [3.8, 4) is 0 Å². The van der Waals surface area contributed by atoms with Gasteiger partial charge in [-0.2, -0.15) is 0 Å². The highest BCUT2D eigenvalue weighted by Gasteiger charge is 2.19. The van der Waals surface area contributed by atoms with Crippen LogP contribution in [0.2, 0.25) is 0 Å². The summed E-state index contributed by atoms with van der Waals surface area (Å²) in [4.78, 5) is 1.95. The molecule has 21 heavy (non-hydrogen) atoms. The predicted octanol–water partition coefficient (Wildman–Crippen LogP) is 3.78. The second-order valence-electron chi connectivity index (χ2n) is 5.50. The number of hydrogen-bond acceptors (Lipinski definition) is 2. The highest BCUT2D eigenvalue weighted by Crippen LogP contribution is 2.26. The number of benzene rings is 2. The first-order valence-corrected chi connectivity index (χ1v) is 7.36. The Morgan fingerprint density at radius 3 is 2.29 bits per heavy atom. The molecule has 0 aliphatic heterocycles. The van der Waals surface area contributed by atoms with E-state index in [1.54, 1.807) is 12.1 Å². The molecule has 2 aromatic carbocycles. The van der Waals surface area contributed by atoms with Crippen LogP contribution in [-0.2, 0) is 0 Å². The third kappa shape index (κ3) is 3.82. The molecule has 2 unspecified atom stereocenters. The number of halogens is 1. The van der Waals surface area contributed by atoms with Crippen molar-refractivity contribution in [2.45, 2.75) is 25.3 Å². The summed E-state index contributed by atoms with van der Waals surface area (Å²) in [7, 11) is 1.91. The predicted molar refractivity (Wildman–Crippen MR) is 87.1 cm³/mol. The molecule has 0 bridgehead atoms. The Labute approximate surface area is 126 Å². The summed E-state index contributed by atoms with van der Waals surface area (Å²) in [6, 6.07) is 17.3. The molecule has 0 aliphatic carbocycles. The Morgan fingerprint density at radius 1 is 1.05 bits per heavy atom. The van der Waals surface area contributed by atoms with Crippen molar-refractivity contribution in [3.63, 3.8) is 0 Å². The van der Waals surface area contributed by atoms with E-state index in [-0.39, 0.29) is 11.9 Å². The van der Waals surface area contributed by atoms with Crippen molar-refractivity contribution in [2.24, 2.45) is 5.73 Å². The van der Waals surface area contributed by atoms with E-state index in [1.807, 2.05) is 36.2 Å². The van der Waals surface area contributed by atoms with E-state index in [9.17, 15) is 4.39 Å². The smallest absolute Gasteiger partial charge is 0.146 e. The summed E-state index contributed by atoms with van der Waals surface area (Å²) in [5, 5.41) is 0. The summed E-state index contributed by atoms with van der Waals surface area (Å²) >= 11 is 0. The summed E-state index contributed by atoms with van der Waals surface area (Å²) in [6.45, 7) is 2.69. The zero-order valence-corrected chi connectivity index (χ0v) is 12.7. The minimum atomic E-state index is -0.203. The first-order chi connectivity index (χ1) is 10.1. The van der Waals surface area contributed by atoms with Gasteiger partial charge in [-0.15, -0.1) is 0 Å². The molecule has 0 radical (unpaired) electrons. The molecule has 3 heteroatoms. The van der Waals surface area contributed by atoms with Crippen molar-refractivity contribution < 1.29 is 4.39 Å². The van der Waals surface area contributed by atoms with Crippen LogP contribution in [0.3, 0.4) is 0 Å². The number of para-hydroxylation sites is 1. The van der Waals surface area contributed by atoms with Crippen LogP contribution in [0.5, 0.6) is 0 Å². The van der Waals surface area contributed by atoms with Gasteiger partial charge in [-0.3, -0.25) is 0 Å². The Morgan fingerprint density at radius 2 is 1.67 bits per heavy atom. The van der Waals surface area contributed by atoms with E-state index in [4.69, 9.17) is 5.73 Å². The fraction of sp³-hybridized carbons (Fsp3) is 0.333. The van der Waals surface area contributed by atoms with Crippen LogP contribution < -0.4 is 10.6 Å². The monoisotopic (exact) mass is 286 g/mol. The number of anilines is 1. The van der Waals surface area contributed by atoms with E-state index in [0.717, 1.165) is 6.42 Å². The average molecular weight is 286 g/mol. The number of rotatable bonds is 6. The van der Waals surface area contributed by atoms with Crippen LogP contribution in [0.15, 0.2) is 54.6 Å². The molecular formula is C18H23FN2. The fourth-order valence-electron chi connectivity index (χ4n) is 2.67. The maximum atomic E-state index is 13.9. The van der Waals surface area contributed by atoms with Gasteiger partial charge in [-0.1, -0.05) is 49.4 Å². The van der Waals surface area contributed by atoms with Gasteiger partial charge in [0.1, 0.15) is 5.82 Å². The van der Waals surface area contributed by atoms with Crippen molar-refractivity contribution in [1.82, 2.24) is 0 Å². The Kier molecular flexibility index (Phi) is 5.34. The van der Waals surface area contributed by atoms with Gasteiger partial charge in [-0.25, -0.2) is 4.39 Å². The summed E-state index contributed by atoms with van der Waals surface area (Å²) < 4.78 is 13.9. The van der Waals surface area contributed by atoms with Gasteiger partial charge in [0.05, 0.1) is 5.69 Å². The standard InChI is InChI=1S/C18H23FN2/c1-14(15-8-4-3-5-9-15)12-16(13-20)21(2)18-11-7-6-10-17(18)19/h3-11,14,16H,12-13,20H2,1-2H3. The van der Waals surface area contributed by atoms with Crippen LogP contribution in [0, 0.1) is 5.82 Å². The van der Waals surface area contributed by atoms with E-state index in [1.165, 1.54) is 11.6 Å². The van der Waals surface area contributed by atoms with Gasteiger partial charge < -0.3 is 10.6 Å². The minimum Gasteiger partial charge on any atom is -0.368 e. The lowest BCUT2D eigenvalue weighted by Gasteiger charge is -2.31. The van der Waals surface area contributed by atoms with Crippen LogP contribution in [0.1, 0.15) is 24.8 Å². The van der Waals surface area contributed by atoms with Crippen molar-refractivity contribution in [2.75, 3.05) is 18.5 Å². The molecule has 112 valence electrons. The summed E-state index contributed by atoms with van der Waals surface area (Å²) in [5.74, 6) is 0.180. The van der Waals surface area contributed by atoms with Crippen LogP contribution in [0.4, 0.5) is 10.1 Å². The third-order valence-electron chi connectivity index (χ3n) is 4.05. The Balaban J connectivity index is 2.11. The zero-order valence-electron chi connectivity index (χ0n) is 12.7. The first-order valence-electron chi connectivity index (χ1n) is 7.36. The van der Waals surface area contributed by atoms with Crippen molar-refractivity contribution in [1.29, 1.82) is 0 Å². The number of likely N-dealkylation sites (N-methyl/N-ethyl adjacent to an activating group) is 1. The highest BCUT2D eigenvalue weighted by atomic mass is 19.1. The maximum absolute atomic E-state index is 13.9. The fourth-order valence-corrected chi connectivity index (χ4v) is 2.67. The molecule has 2 rings (SSSR count). The molecule has 0 saturated heterocycles. The second kappa shape index (κ2) is 7.23. The quantitative estimate of drug-likeness (QED) is 0.875. The maximum Gasteiger partial charge on any atom is 0.146 e. The lowest BCUT2D eigenvalue weighted by atomic mass is 9.93. The Hall–Kier alpha value is -1.87. The highest BCUT2D eigenvalue weighted by molar-refractivity contribution is 5.48. The largest absolute Gasteiger partial charge is 0.368 e. The third-order valence-corrected chi connectivity index (χ3v) is 4.05. The Bertz CT molecular complexity index is 556. The molecule has 2 N–H and O–H groups in total. The molecule has 0 aliphatic rings. The molecule has 0 amide bonds. The summed E-state index contributed by atoms with van der Waals surface area (Å²) in [6.07, 6.45) is 0.894. The number of nitrogens with two attached hydrogens (primary N) is 1.